The highest BCUT2D eigenvalue weighted by Crippen LogP contribution is 2.17. The van der Waals surface area contributed by atoms with Crippen LogP contribution in [0.15, 0.2) is 0 Å². The molecule has 0 bridgehead atoms. The Morgan fingerprint density at radius 2 is 2.12 bits per heavy atom. The minimum atomic E-state index is 0.101. The summed E-state index contributed by atoms with van der Waals surface area (Å²) >= 11 is 0. The molecule has 17 heavy (non-hydrogen) atoms. The number of nitrogens with one attached hydrogen (secondary N) is 3. The van der Waals surface area contributed by atoms with Gasteiger partial charge in [-0.15, -0.1) is 0 Å². The molecule has 0 aromatic carbocycles. The van der Waals surface area contributed by atoms with Crippen LogP contribution in [0.1, 0.15) is 45.4 Å². The number of amides is 1. The first kappa shape index (κ1) is 12.8. The van der Waals surface area contributed by atoms with E-state index < -0.39 is 0 Å². The van der Waals surface area contributed by atoms with Gasteiger partial charge in [0.15, 0.2) is 0 Å². The first-order valence-electron chi connectivity index (χ1n) is 6.93. The Bertz CT molecular complexity index is 255. The van der Waals surface area contributed by atoms with E-state index in [0.29, 0.717) is 12.6 Å². The molecule has 1 saturated carbocycles. The van der Waals surface area contributed by atoms with Gasteiger partial charge in [-0.2, -0.15) is 0 Å². The van der Waals surface area contributed by atoms with E-state index in [9.17, 15) is 4.79 Å². The van der Waals surface area contributed by atoms with E-state index in [-0.39, 0.29) is 11.4 Å². The van der Waals surface area contributed by atoms with Crippen LogP contribution in [0.4, 0.5) is 0 Å². The minimum absolute atomic E-state index is 0.101. The molecule has 1 aliphatic carbocycles. The first-order valence-corrected chi connectivity index (χ1v) is 6.93. The van der Waals surface area contributed by atoms with Gasteiger partial charge in [0.05, 0.1) is 6.54 Å². The third kappa shape index (κ3) is 3.96. The van der Waals surface area contributed by atoms with Gasteiger partial charge in [-0.25, -0.2) is 0 Å². The van der Waals surface area contributed by atoms with Crippen molar-refractivity contribution in [3.05, 3.63) is 0 Å². The molecule has 4 nitrogen and oxygen atoms in total. The Kier molecular flexibility index (Phi) is 4.40. The van der Waals surface area contributed by atoms with Gasteiger partial charge < -0.3 is 16.0 Å². The lowest BCUT2D eigenvalue weighted by Gasteiger charge is -2.26. The standard InChI is InChI=1S/C13H25N3O/c1-13(7-8-14-10-13)15-9-12(17)16-11-5-3-2-4-6-11/h11,14-15H,2-10H2,1H3,(H,16,17). The van der Waals surface area contributed by atoms with Gasteiger partial charge in [0.1, 0.15) is 0 Å². The van der Waals surface area contributed by atoms with Crippen LogP contribution < -0.4 is 16.0 Å². The lowest BCUT2D eigenvalue weighted by molar-refractivity contribution is -0.121. The van der Waals surface area contributed by atoms with Gasteiger partial charge in [0.25, 0.3) is 0 Å². The molecule has 0 aromatic heterocycles. The van der Waals surface area contributed by atoms with Crippen LogP contribution in [0, 0.1) is 0 Å². The lowest BCUT2D eigenvalue weighted by Crippen LogP contribution is -2.50. The monoisotopic (exact) mass is 239 g/mol. The maximum atomic E-state index is 11.8. The third-order valence-electron chi connectivity index (χ3n) is 4.01. The molecule has 1 atom stereocenters. The summed E-state index contributed by atoms with van der Waals surface area (Å²) < 4.78 is 0. The van der Waals surface area contributed by atoms with Crippen LogP contribution in [0.5, 0.6) is 0 Å². The highest BCUT2D eigenvalue weighted by Gasteiger charge is 2.28. The van der Waals surface area contributed by atoms with E-state index >= 15 is 0 Å². The zero-order valence-corrected chi connectivity index (χ0v) is 10.8. The van der Waals surface area contributed by atoms with Crippen molar-refractivity contribution in [2.24, 2.45) is 0 Å². The first-order chi connectivity index (χ1) is 8.18. The number of rotatable bonds is 4. The van der Waals surface area contributed by atoms with Gasteiger partial charge in [0, 0.05) is 18.1 Å². The smallest absolute Gasteiger partial charge is 0.234 e. The zero-order chi connectivity index (χ0) is 12.1. The number of carbonyl (C=O) groups is 1. The summed E-state index contributed by atoms with van der Waals surface area (Å²) in [6, 6.07) is 0.424. The summed E-state index contributed by atoms with van der Waals surface area (Å²) in [7, 11) is 0. The second-order valence-electron chi connectivity index (χ2n) is 5.74. The Morgan fingerprint density at radius 3 is 2.76 bits per heavy atom. The van der Waals surface area contributed by atoms with Crippen LogP contribution in [0.3, 0.4) is 0 Å². The zero-order valence-electron chi connectivity index (χ0n) is 10.8. The summed E-state index contributed by atoms with van der Waals surface area (Å²) in [5, 5.41) is 9.83. The molecule has 3 N–H and O–H groups in total. The summed E-state index contributed by atoms with van der Waals surface area (Å²) in [5.41, 5.74) is 0.101. The minimum Gasteiger partial charge on any atom is -0.352 e. The fourth-order valence-corrected chi connectivity index (χ4v) is 2.79. The van der Waals surface area contributed by atoms with E-state index in [2.05, 4.69) is 22.9 Å². The second-order valence-corrected chi connectivity index (χ2v) is 5.74. The fourth-order valence-electron chi connectivity index (χ4n) is 2.79. The third-order valence-corrected chi connectivity index (χ3v) is 4.01. The summed E-state index contributed by atoms with van der Waals surface area (Å²) in [4.78, 5) is 11.8. The Balaban J connectivity index is 1.66. The van der Waals surface area contributed by atoms with Gasteiger partial charge in [-0.3, -0.25) is 4.79 Å². The van der Waals surface area contributed by atoms with E-state index in [1.165, 1.54) is 19.3 Å². The summed E-state index contributed by atoms with van der Waals surface area (Å²) in [6.07, 6.45) is 7.27. The predicted molar refractivity (Wildman–Crippen MR) is 68.9 cm³/mol. The summed E-state index contributed by atoms with van der Waals surface area (Å²) in [5.74, 6) is 0.157. The average molecular weight is 239 g/mol. The molecular formula is C13H25N3O. The predicted octanol–water partition coefficient (Wildman–Crippen LogP) is 0.777. The van der Waals surface area contributed by atoms with Gasteiger partial charge in [-0.1, -0.05) is 19.3 Å². The molecular weight excluding hydrogens is 214 g/mol. The number of carbonyl (C=O) groups excluding carboxylic acids is 1. The maximum absolute atomic E-state index is 11.8. The highest BCUT2D eigenvalue weighted by atomic mass is 16.2. The molecule has 4 heteroatoms. The van der Waals surface area contributed by atoms with Crippen molar-refractivity contribution in [3.8, 4) is 0 Å². The molecule has 1 aliphatic heterocycles. The van der Waals surface area contributed by atoms with Crippen LogP contribution in [-0.2, 0) is 4.79 Å². The Labute approximate surface area is 104 Å². The summed E-state index contributed by atoms with van der Waals surface area (Å²) in [6.45, 7) is 4.65. The normalized spacial score (nSPS) is 30.4. The van der Waals surface area contributed by atoms with Gasteiger partial charge >= 0.3 is 0 Å². The number of hydrogen-bond acceptors (Lipinski definition) is 3. The van der Waals surface area contributed by atoms with E-state index in [0.717, 1.165) is 32.4 Å². The quantitative estimate of drug-likeness (QED) is 0.679. The molecule has 98 valence electrons. The molecule has 1 amide bonds. The number of hydrogen-bond donors (Lipinski definition) is 3. The molecule has 1 saturated heterocycles. The topological polar surface area (TPSA) is 53.2 Å². The molecule has 2 aliphatic rings. The van der Waals surface area contributed by atoms with E-state index in [4.69, 9.17) is 0 Å². The van der Waals surface area contributed by atoms with Crippen molar-refractivity contribution < 1.29 is 4.79 Å². The van der Waals surface area contributed by atoms with Crippen molar-refractivity contribution in [2.75, 3.05) is 19.6 Å². The lowest BCUT2D eigenvalue weighted by atomic mass is 9.95. The average Bonchev–Trinajstić information content (AvgIpc) is 2.76. The van der Waals surface area contributed by atoms with Crippen molar-refractivity contribution in [1.82, 2.24) is 16.0 Å². The van der Waals surface area contributed by atoms with Crippen LogP contribution in [0.25, 0.3) is 0 Å². The fraction of sp³-hybridized carbons (Fsp3) is 0.923. The van der Waals surface area contributed by atoms with Crippen LogP contribution in [0.2, 0.25) is 0 Å². The molecule has 0 radical (unpaired) electrons. The largest absolute Gasteiger partial charge is 0.352 e. The second kappa shape index (κ2) is 5.83. The SMILES string of the molecule is CC1(NCC(=O)NC2CCCCC2)CCNC1. The van der Waals surface area contributed by atoms with Crippen molar-refractivity contribution >= 4 is 5.91 Å². The highest BCUT2D eigenvalue weighted by molar-refractivity contribution is 5.78. The van der Waals surface area contributed by atoms with E-state index in [1.54, 1.807) is 0 Å². The van der Waals surface area contributed by atoms with Crippen molar-refractivity contribution in [1.29, 1.82) is 0 Å². The maximum Gasteiger partial charge on any atom is 0.234 e. The Hall–Kier alpha value is -0.610. The molecule has 0 spiro atoms. The molecule has 2 fully saturated rings. The molecule has 1 unspecified atom stereocenters. The van der Waals surface area contributed by atoms with Crippen molar-refractivity contribution in [3.63, 3.8) is 0 Å². The molecule has 0 aromatic rings. The molecule has 2 rings (SSSR count). The van der Waals surface area contributed by atoms with Gasteiger partial charge in [0.2, 0.25) is 5.91 Å². The molecule has 1 heterocycles. The van der Waals surface area contributed by atoms with E-state index in [1.807, 2.05) is 0 Å². The van der Waals surface area contributed by atoms with Crippen molar-refractivity contribution in [2.45, 2.75) is 57.0 Å². The van der Waals surface area contributed by atoms with Gasteiger partial charge in [-0.05, 0) is 32.7 Å². The van der Waals surface area contributed by atoms with Crippen LogP contribution in [-0.4, -0.2) is 37.1 Å². The Morgan fingerprint density at radius 1 is 1.35 bits per heavy atom. The van der Waals surface area contributed by atoms with Crippen LogP contribution >= 0.6 is 0 Å².